The van der Waals surface area contributed by atoms with Gasteiger partial charge in [0, 0.05) is 43.8 Å². The second kappa shape index (κ2) is 8.78. The molecule has 0 aliphatic carbocycles. The van der Waals surface area contributed by atoms with E-state index >= 15 is 0 Å². The van der Waals surface area contributed by atoms with E-state index in [4.69, 9.17) is 4.74 Å². The quantitative estimate of drug-likeness (QED) is 0.661. The molecule has 0 radical (unpaired) electrons. The van der Waals surface area contributed by atoms with Gasteiger partial charge in [0.1, 0.15) is 6.61 Å². The Balaban J connectivity index is 1.37. The number of benzene rings is 1. The Morgan fingerprint density at radius 3 is 2.83 bits per heavy atom. The van der Waals surface area contributed by atoms with Crippen molar-refractivity contribution in [3.8, 4) is 11.4 Å². The van der Waals surface area contributed by atoms with Gasteiger partial charge in [-0.1, -0.05) is 0 Å². The topological polar surface area (TPSA) is 109 Å². The van der Waals surface area contributed by atoms with Gasteiger partial charge in [0.15, 0.2) is 11.6 Å². The molecule has 1 aromatic carbocycles. The van der Waals surface area contributed by atoms with E-state index in [-0.39, 0.29) is 11.8 Å². The molecular weight excluding hydrogens is 370 g/mol. The first-order valence-electron chi connectivity index (χ1n) is 9.56. The number of aromatic nitrogens is 5. The standard InChI is InChI=1S/C20H23N7O2/c1-29-13-17-24-18(26-25-17)14-5-7-16(8-6-14)23-19(28)15-4-2-11-27(12-15)20-21-9-3-10-22-20/h3,5-10,15H,2,4,11-13H2,1H3,(H,23,28)(H,24,25,26). The Bertz CT molecular complexity index is 943. The third kappa shape index (κ3) is 4.57. The van der Waals surface area contributed by atoms with Crippen LogP contribution in [-0.4, -0.2) is 51.3 Å². The van der Waals surface area contributed by atoms with Crippen LogP contribution in [0.4, 0.5) is 11.6 Å². The number of methoxy groups -OCH3 is 1. The van der Waals surface area contributed by atoms with Crippen molar-refractivity contribution in [3.05, 3.63) is 48.5 Å². The molecule has 9 heteroatoms. The molecule has 1 atom stereocenters. The molecule has 150 valence electrons. The predicted molar refractivity (Wildman–Crippen MR) is 108 cm³/mol. The number of ether oxygens (including phenoxy) is 1. The number of nitrogens with one attached hydrogen (secondary N) is 2. The fourth-order valence-electron chi connectivity index (χ4n) is 3.40. The first-order chi connectivity index (χ1) is 14.2. The van der Waals surface area contributed by atoms with Gasteiger partial charge in [0.25, 0.3) is 0 Å². The molecule has 3 aromatic rings. The molecule has 1 saturated heterocycles. The van der Waals surface area contributed by atoms with Gasteiger partial charge in [0.2, 0.25) is 11.9 Å². The molecular formula is C20H23N7O2. The summed E-state index contributed by atoms with van der Waals surface area (Å²) in [4.78, 5) is 27.8. The summed E-state index contributed by atoms with van der Waals surface area (Å²) in [7, 11) is 1.61. The van der Waals surface area contributed by atoms with E-state index in [1.807, 2.05) is 24.3 Å². The molecule has 3 heterocycles. The molecule has 4 rings (SSSR count). The van der Waals surface area contributed by atoms with E-state index < -0.39 is 0 Å². The third-order valence-electron chi connectivity index (χ3n) is 4.85. The van der Waals surface area contributed by atoms with E-state index in [1.54, 1.807) is 25.6 Å². The average molecular weight is 393 g/mol. The zero-order valence-electron chi connectivity index (χ0n) is 16.2. The van der Waals surface area contributed by atoms with Crippen molar-refractivity contribution in [2.45, 2.75) is 19.4 Å². The van der Waals surface area contributed by atoms with Crippen molar-refractivity contribution < 1.29 is 9.53 Å². The number of anilines is 2. The highest BCUT2D eigenvalue weighted by Gasteiger charge is 2.27. The molecule has 0 bridgehead atoms. The zero-order chi connectivity index (χ0) is 20.1. The lowest BCUT2D eigenvalue weighted by Gasteiger charge is -2.31. The van der Waals surface area contributed by atoms with Crippen LogP contribution in [-0.2, 0) is 16.1 Å². The predicted octanol–water partition coefficient (Wildman–Crippen LogP) is 2.26. The summed E-state index contributed by atoms with van der Waals surface area (Å²) < 4.78 is 5.04. The number of hydrogen-bond acceptors (Lipinski definition) is 7. The van der Waals surface area contributed by atoms with Crippen molar-refractivity contribution in [1.82, 2.24) is 25.1 Å². The fraction of sp³-hybridized carbons (Fsp3) is 0.350. The maximum Gasteiger partial charge on any atom is 0.229 e. The normalized spacial score (nSPS) is 16.6. The first-order valence-corrected chi connectivity index (χ1v) is 9.56. The Morgan fingerprint density at radius 1 is 1.28 bits per heavy atom. The fourth-order valence-corrected chi connectivity index (χ4v) is 3.40. The van der Waals surface area contributed by atoms with Crippen LogP contribution in [0.2, 0.25) is 0 Å². The van der Waals surface area contributed by atoms with Crippen molar-refractivity contribution in [2.75, 3.05) is 30.4 Å². The summed E-state index contributed by atoms with van der Waals surface area (Å²) in [6.45, 7) is 1.87. The summed E-state index contributed by atoms with van der Waals surface area (Å²) in [5.41, 5.74) is 1.62. The molecule has 1 aliphatic rings. The Labute approximate surface area is 168 Å². The van der Waals surface area contributed by atoms with Crippen LogP contribution >= 0.6 is 0 Å². The minimum absolute atomic E-state index is 0.0126. The lowest BCUT2D eigenvalue weighted by atomic mass is 9.97. The molecule has 1 fully saturated rings. The number of H-pyrrole nitrogens is 1. The van der Waals surface area contributed by atoms with Gasteiger partial charge in [-0.05, 0) is 43.2 Å². The SMILES string of the molecule is COCc1nc(-c2ccc(NC(=O)C3CCCN(c4ncccn4)C3)cc2)n[nH]1. The molecule has 1 aliphatic heterocycles. The van der Waals surface area contributed by atoms with Gasteiger partial charge in [-0.3, -0.25) is 9.89 Å². The highest BCUT2D eigenvalue weighted by atomic mass is 16.5. The second-order valence-corrected chi connectivity index (χ2v) is 6.94. The number of piperidine rings is 1. The van der Waals surface area contributed by atoms with E-state index in [9.17, 15) is 4.79 Å². The van der Waals surface area contributed by atoms with Gasteiger partial charge in [-0.2, -0.15) is 5.10 Å². The molecule has 29 heavy (non-hydrogen) atoms. The number of nitrogens with zero attached hydrogens (tertiary/aromatic N) is 5. The number of hydrogen-bond donors (Lipinski definition) is 2. The molecule has 0 saturated carbocycles. The van der Waals surface area contributed by atoms with Gasteiger partial charge in [-0.25, -0.2) is 15.0 Å². The summed E-state index contributed by atoms with van der Waals surface area (Å²) >= 11 is 0. The van der Waals surface area contributed by atoms with E-state index in [1.165, 1.54) is 0 Å². The summed E-state index contributed by atoms with van der Waals surface area (Å²) in [5.74, 6) is 1.86. The molecule has 2 aromatic heterocycles. The van der Waals surface area contributed by atoms with Crippen LogP contribution in [0.25, 0.3) is 11.4 Å². The Morgan fingerprint density at radius 2 is 2.07 bits per heavy atom. The van der Waals surface area contributed by atoms with Crippen LogP contribution in [0, 0.1) is 5.92 Å². The third-order valence-corrected chi connectivity index (χ3v) is 4.85. The number of carbonyl (C=O) groups is 1. The average Bonchev–Trinajstić information content (AvgIpc) is 3.24. The summed E-state index contributed by atoms with van der Waals surface area (Å²) in [6.07, 6.45) is 5.23. The van der Waals surface area contributed by atoms with E-state index in [2.05, 4.69) is 35.4 Å². The minimum Gasteiger partial charge on any atom is -0.377 e. The monoisotopic (exact) mass is 393 g/mol. The lowest BCUT2D eigenvalue weighted by molar-refractivity contribution is -0.120. The van der Waals surface area contributed by atoms with E-state index in [0.717, 1.165) is 30.6 Å². The number of aromatic amines is 1. The van der Waals surface area contributed by atoms with E-state index in [0.29, 0.717) is 30.7 Å². The molecule has 2 N–H and O–H groups in total. The highest BCUT2D eigenvalue weighted by Crippen LogP contribution is 2.23. The van der Waals surface area contributed by atoms with Crippen LogP contribution in [0.5, 0.6) is 0 Å². The van der Waals surface area contributed by atoms with Gasteiger partial charge >= 0.3 is 0 Å². The number of rotatable bonds is 6. The molecule has 9 nitrogen and oxygen atoms in total. The van der Waals surface area contributed by atoms with Gasteiger partial charge in [0.05, 0.1) is 5.92 Å². The zero-order valence-corrected chi connectivity index (χ0v) is 16.2. The Kier molecular flexibility index (Phi) is 5.76. The number of amides is 1. The molecule has 1 unspecified atom stereocenters. The van der Waals surface area contributed by atoms with Crippen molar-refractivity contribution in [1.29, 1.82) is 0 Å². The molecule has 0 spiro atoms. The minimum atomic E-state index is -0.100. The van der Waals surface area contributed by atoms with Crippen molar-refractivity contribution in [3.63, 3.8) is 0 Å². The first kappa shape index (κ1) is 19.0. The highest BCUT2D eigenvalue weighted by molar-refractivity contribution is 5.93. The summed E-state index contributed by atoms with van der Waals surface area (Å²) in [5, 5.41) is 10.0. The van der Waals surface area contributed by atoms with Crippen LogP contribution in [0.3, 0.4) is 0 Å². The van der Waals surface area contributed by atoms with Crippen molar-refractivity contribution in [2.24, 2.45) is 5.92 Å². The van der Waals surface area contributed by atoms with Crippen LogP contribution in [0.1, 0.15) is 18.7 Å². The maximum atomic E-state index is 12.8. The van der Waals surface area contributed by atoms with Gasteiger partial charge < -0.3 is 15.0 Å². The Hall–Kier alpha value is -3.33. The lowest BCUT2D eigenvalue weighted by Crippen LogP contribution is -2.41. The smallest absolute Gasteiger partial charge is 0.229 e. The summed E-state index contributed by atoms with van der Waals surface area (Å²) in [6, 6.07) is 9.29. The second-order valence-electron chi connectivity index (χ2n) is 6.94. The van der Waals surface area contributed by atoms with Crippen LogP contribution < -0.4 is 10.2 Å². The largest absolute Gasteiger partial charge is 0.377 e. The molecule has 1 amide bonds. The number of carbonyl (C=O) groups excluding carboxylic acids is 1. The van der Waals surface area contributed by atoms with Crippen LogP contribution in [0.15, 0.2) is 42.7 Å². The van der Waals surface area contributed by atoms with Crippen molar-refractivity contribution >= 4 is 17.5 Å². The maximum absolute atomic E-state index is 12.8. The van der Waals surface area contributed by atoms with Gasteiger partial charge in [-0.15, -0.1) is 0 Å².